The number of hydrogen-bond donors (Lipinski definition) is 2. The van der Waals surface area contributed by atoms with Crippen LogP contribution in [-0.2, 0) is 6.42 Å². The zero-order chi connectivity index (χ0) is 19.0. The predicted octanol–water partition coefficient (Wildman–Crippen LogP) is 3.61. The fourth-order valence-electron chi connectivity index (χ4n) is 3.67. The molecule has 0 unspecified atom stereocenters. The van der Waals surface area contributed by atoms with Gasteiger partial charge in [-0.2, -0.15) is 0 Å². The van der Waals surface area contributed by atoms with E-state index in [9.17, 15) is 4.79 Å². The van der Waals surface area contributed by atoms with Crippen molar-refractivity contribution < 1.29 is 19.0 Å². The Kier molecular flexibility index (Phi) is 4.39. The number of carbonyl (C=O) groups is 1. The molecular weight excluding hydrogens is 344 g/mol. The van der Waals surface area contributed by atoms with Gasteiger partial charge in [-0.15, -0.1) is 0 Å². The molecule has 1 heterocycles. The fraction of sp³-hybridized carbons (Fsp3) is 0.286. The molecule has 1 aliphatic rings. The summed E-state index contributed by atoms with van der Waals surface area (Å²) >= 11 is 0. The summed E-state index contributed by atoms with van der Waals surface area (Å²) in [6.07, 6.45) is 1.75. The Morgan fingerprint density at radius 3 is 2.56 bits per heavy atom. The number of carbonyl (C=O) groups excluding carboxylic acids is 1. The second-order valence-electron chi connectivity index (χ2n) is 6.61. The van der Waals surface area contributed by atoms with Gasteiger partial charge >= 0.3 is 0 Å². The average molecular weight is 366 g/mol. The van der Waals surface area contributed by atoms with Gasteiger partial charge in [0.05, 0.1) is 27.4 Å². The summed E-state index contributed by atoms with van der Waals surface area (Å²) in [6, 6.07) is 11.5. The van der Waals surface area contributed by atoms with Crippen LogP contribution in [0.1, 0.15) is 34.1 Å². The Morgan fingerprint density at radius 2 is 1.81 bits per heavy atom. The minimum atomic E-state index is -0.127. The molecule has 1 aliphatic carbocycles. The summed E-state index contributed by atoms with van der Waals surface area (Å²) in [6.45, 7) is 0. The highest BCUT2D eigenvalue weighted by atomic mass is 16.5. The molecule has 27 heavy (non-hydrogen) atoms. The van der Waals surface area contributed by atoms with Gasteiger partial charge in [0, 0.05) is 17.0 Å². The summed E-state index contributed by atoms with van der Waals surface area (Å²) in [4.78, 5) is 16.0. The van der Waals surface area contributed by atoms with Crippen molar-refractivity contribution in [2.24, 2.45) is 0 Å². The van der Waals surface area contributed by atoms with Gasteiger partial charge in [-0.3, -0.25) is 4.79 Å². The van der Waals surface area contributed by atoms with Crippen LogP contribution in [0.4, 0.5) is 0 Å². The van der Waals surface area contributed by atoms with E-state index in [-0.39, 0.29) is 11.9 Å². The average Bonchev–Trinajstić information content (AvgIpc) is 3.29. The predicted molar refractivity (Wildman–Crippen MR) is 103 cm³/mol. The van der Waals surface area contributed by atoms with Crippen LogP contribution in [0.3, 0.4) is 0 Å². The van der Waals surface area contributed by atoms with Gasteiger partial charge in [0.2, 0.25) is 0 Å². The smallest absolute Gasteiger partial charge is 0.268 e. The lowest BCUT2D eigenvalue weighted by Gasteiger charge is -2.16. The van der Waals surface area contributed by atoms with Crippen LogP contribution < -0.4 is 19.5 Å². The van der Waals surface area contributed by atoms with E-state index in [1.807, 2.05) is 36.4 Å². The van der Waals surface area contributed by atoms with Gasteiger partial charge < -0.3 is 24.5 Å². The van der Waals surface area contributed by atoms with E-state index in [1.54, 1.807) is 21.3 Å². The van der Waals surface area contributed by atoms with Crippen molar-refractivity contribution in [2.45, 2.75) is 18.9 Å². The molecule has 4 rings (SSSR count). The molecule has 2 N–H and O–H groups in total. The minimum absolute atomic E-state index is 0.0479. The van der Waals surface area contributed by atoms with Gasteiger partial charge in [0.25, 0.3) is 5.91 Å². The lowest BCUT2D eigenvalue weighted by molar-refractivity contribution is 0.0932. The molecule has 6 heteroatoms. The lowest BCUT2D eigenvalue weighted by Crippen LogP contribution is -2.27. The van der Waals surface area contributed by atoms with Crippen molar-refractivity contribution in [3.05, 3.63) is 53.2 Å². The van der Waals surface area contributed by atoms with E-state index in [4.69, 9.17) is 14.2 Å². The van der Waals surface area contributed by atoms with Crippen molar-refractivity contribution in [3.8, 4) is 17.2 Å². The summed E-state index contributed by atoms with van der Waals surface area (Å²) in [5.74, 6) is 2.02. The van der Waals surface area contributed by atoms with Crippen molar-refractivity contribution in [3.63, 3.8) is 0 Å². The molecule has 140 valence electrons. The number of hydrogen-bond acceptors (Lipinski definition) is 4. The van der Waals surface area contributed by atoms with E-state index in [0.717, 1.165) is 35.1 Å². The van der Waals surface area contributed by atoms with Crippen LogP contribution in [0.5, 0.6) is 17.2 Å². The summed E-state index contributed by atoms with van der Waals surface area (Å²) < 4.78 is 16.0. The van der Waals surface area contributed by atoms with Gasteiger partial charge in [-0.1, -0.05) is 0 Å². The third kappa shape index (κ3) is 3.07. The number of aromatic amines is 1. The van der Waals surface area contributed by atoms with Crippen LogP contribution >= 0.6 is 0 Å². The number of rotatable bonds is 5. The Bertz CT molecular complexity index is 1010. The number of amides is 1. The number of fused-ring (bicyclic) bond motifs is 2. The largest absolute Gasteiger partial charge is 0.497 e. The third-order valence-electron chi connectivity index (χ3n) is 5.10. The number of benzene rings is 2. The first kappa shape index (κ1) is 17.3. The second kappa shape index (κ2) is 6.87. The zero-order valence-electron chi connectivity index (χ0n) is 15.6. The lowest BCUT2D eigenvalue weighted by atomic mass is 10.1. The van der Waals surface area contributed by atoms with E-state index < -0.39 is 0 Å². The third-order valence-corrected chi connectivity index (χ3v) is 5.10. The summed E-state index contributed by atoms with van der Waals surface area (Å²) in [5, 5.41) is 4.10. The zero-order valence-corrected chi connectivity index (χ0v) is 15.6. The van der Waals surface area contributed by atoms with Gasteiger partial charge in [0.15, 0.2) is 11.5 Å². The first-order valence-electron chi connectivity index (χ1n) is 8.85. The molecule has 0 bridgehead atoms. The van der Waals surface area contributed by atoms with Gasteiger partial charge in [-0.25, -0.2) is 0 Å². The molecule has 0 radical (unpaired) electrons. The molecule has 2 aromatic carbocycles. The normalized spacial score (nSPS) is 15.4. The van der Waals surface area contributed by atoms with E-state index >= 15 is 0 Å². The van der Waals surface area contributed by atoms with E-state index in [2.05, 4.69) is 10.3 Å². The maximum absolute atomic E-state index is 12.8. The first-order valence-corrected chi connectivity index (χ1v) is 8.85. The first-order chi connectivity index (χ1) is 13.1. The molecule has 3 aromatic rings. The van der Waals surface area contributed by atoms with Crippen molar-refractivity contribution in [1.82, 2.24) is 10.3 Å². The van der Waals surface area contributed by atoms with Crippen molar-refractivity contribution >= 4 is 16.8 Å². The highest BCUT2D eigenvalue weighted by Crippen LogP contribution is 2.39. The number of H-pyrrole nitrogens is 1. The van der Waals surface area contributed by atoms with Crippen molar-refractivity contribution in [1.29, 1.82) is 0 Å². The Morgan fingerprint density at radius 1 is 1.04 bits per heavy atom. The Hall–Kier alpha value is -3.15. The van der Waals surface area contributed by atoms with Crippen molar-refractivity contribution in [2.75, 3.05) is 21.3 Å². The maximum atomic E-state index is 12.8. The molecule has 0 spiro atoms. The molecule has 0 aliphatic heterocycles. The highest BCUT2D eigenvalue weighted by molar-refractivity contribution is 5.98. The van der Waals surface area contributed by atoms with Gasteiger partial charge in [-0.05, 0) is 54.3 Å². The Balaban J connectivity index is 1.58. The Labute approximate surface area is 157 Å². The number of aromatic nitrogens is 1. The molecule has 6 nitrogen and oxygen atoms in total. The minimum Gasteiger partial charge on any atom is -0.497 e. The molecule has 0 fully saturated rings. The maximum Gasteiger partial charge on any atom is 0.268 e. The molecule has 1 atom stereocenters. The second-order valence-corrected chi connectivity index (χ2v) is 6.61. The van der Waals surface area contributed by atoms with Crippen LogP contribution in [0.25, 0.3) is 10.9 Å². The van der Waals surface area contributed by atoms with E-state index in [0.29, 0.717) is 17.2 Å². The number of nitrogens with one attached hydrogen (secondary N) is 2. The van der Waals surface area contributed by atoms with Crippen LogP contribution in [-0.4, -0.2) is 32.2 Å². The van der Waals surface area contributed by atoms with Gasteiger partial charge in [0.1, 0.15) is 11.4 Å². The fourth-order valence-corrected chi connectivity index (χ4v) is 3.67. The number of ether oxygens (including phenoxy) is 3. The summed E-state index contributed by atoms with van der Waals surface area (Å²) in [5.41, 5.74) is 3.67. The molecular formula is C21H22N2O4. The van der Waals surface area contributed by atoms with E-state index in [1.165, 1.54) is 5.56 Å². The number of aryl methyl sites for hydroxylation is 1. The van der Waals surface area contributed by atoms with Crippen LogP contribution in [0.2, 0.25) is 0 Å². The topological polar surface area (TPSA) is 72.6 Å². The highest BCUT2D eigenvalue weighted by Gasteiger charge is 2.27. The number of methoxy groups -OCH3 is 3. The molecule has 1 amide bonds. The SMILES string of the molecule is COc1ccc2cc(C(=O)N[C@@H]3CCc4cc(OC)c(OC)cc43)[nH]c2c1. The molecule has 0 saturated heterocycles. The molecule has 0 saturated carbocycles. The standard InChI is InChI=1S/C21H22N2O4/c1-25-14-6-4-13-8-18(22-17(13)10-14)21(24)23-16-7-5-12-9-19(26-2)20(27-3)11-15(12)16/h4,6,8-11,16,22H,5,7H2,1-3H3,(H,23,24)/t16-/m1/s1. The monoisotopic (exact) mass is 366 g/mol. The summed E-state index contributed by atoms with van der Waals surface area (Å²) in [7, 11) is 4.87. The van der Waals surface area contributed by atoms with Crippen LogP contribution in [0, 0.1) is 0 Å². The van der Waals surface area contributed by atoms with Crippen LogP contribution in [0.15, 0.2) is 36.4 Å². The molecule has 1 aromatic heterocycles. The quantitative estimate of drug-likeness (QED) is 0.724.